The summed E-state index contributed by atoms with van der Waals surface area (Å²) in [6.07, 6.45) is 1.09. The van der Waals surface area contributed by atoms with E-state index in [4.69, 9.17) is 18.5 Å². The van der Waals surface area contributed by atoms with E-state index in [0.717, 1.165) is 6.66 Å². The molecule has 1 aromatic carbocycles. The molecule has 2 aromatic rings. The molecule has 1 aromatic heterocycles. The molecule has 0 amide bonds. The van der Waals surface area contributed by atoms with Gasteiger partial charge < -0.3 is 19.5 Å². The zero-order valence-electron chi connectivity index (χ0n) is 15.8. The molecule has 1 saturated heterocycles. The van der Waals surface area contributed by atoms with Crippen molar-refractivity contribution in [3.05, 3.63) is 72.4 Å². The molecule has 1 fully saturated rings. The second-order valence-electron chi connectivity index (χ2n) is 6.47. The van der Waals surface area contributed by atoms with Crippen molar-refractivity contribution >= 4 is 15.0 Å². The second-order valence-corrected chi connectivity index (χ2v) is 11.5. The van der Waals surface area contributed by atoms with Gasteiger partial charge in [0, 0.05) is 31.0 Å². The average Bonchev–Trinajstić information content (AvgIpc) is 2.67. The molecular formula is C18H21NO8P2. The van der Waals surface area contributed by atoms with Crippen LogP contribution in [0, 0.1) is 0 Å². The third kappa shape index (κ3) is 4.31. The first-order chi connectivity index (χ1) is 13.6. The molecule has 4 atom stereocenters. The largest absolute Gasteiger partial charge is 0.469 e. The lowest BCUT2D eigenvalue weighted by Crippen LogP contribution is -2.37. The van der Waals surface area contributed by atoms with E-state index >= 15 is 0 Å². The second kappa shape index (κ2) is 8.03. The molecule has 4 unspecified atom stereocenters. The molecule has 0 bridgehead atoms. The molecule has 0 radical (unpaired) electrons. The minimum absolute atomic E-state index is 0.0845. The Balaban J connectivity index is 1.85. The Morgan fingerprint density at radius 2 is 1.97 bits per heavy atom. The third-order valence-electron chi connectivity index (χ3n) is 4.41. The van der Waals surface area contributed by atoms with Crippen LogP contribution in [0.1, 0.15) is 17.4 Å². The number of benzene rings is 1. The van der Waals surface area contributed by atoms with Crippen molar-refractivity contribution in [2.45, 2.75) is 17.8 Å². The maximum Gasteiger partial charge on any atom is 0.372 e. The van der Waals surface area contributed by atoms with Crippen molar-refractivity contribution in [2.75, 3.05) is 13.8 Å². The average molecular weight is 441 g/mol. The predicted molar refractivity (Wildman–Crippen MR) is 104 cm³/mol. The summed E-state index contributed by atoms with van der Waals surface area (Å²) in [4.78, 5) is 14.4. The molecule has 1 aliphatic heterocycles. The minimum Gasteiger partial charge on any atom is -0.469 e. The highest BCUT2D eigenvalue weighted by atomic mass is 31.2. The van der Waals surface area contributed by atoms with E-state index in [9.17, 15) is 19.1 Å². The predicted octanol–water partition coefficient (Wildman–Crippen LogP) is 3.61. The quantitative estimate of drug-likeness (QED) is 0.511. The van der Waals surface area contributed by atoms with Gasteiger partial charge in [0.1, 0.15) is 5.75 Å². The molecule has 1 aliphatic rings. The Labute approximate surface area is 167 Å². The Kier molecular flexibility index (Phi) is 6.01. The Morgan fingerprint density at radius 3 is 2.52 bits per heavy atom. The summed E-state index contributed by atoms with van der Waals surface area (Å²) in [6.45, 7) is 4.65. The first-order valence-corrected chi connectivity index (χ1v) is 12.1. The van der Waals surface area contributed by atoms with E-state index in [1.54, 1.807) is 12.1 Å². The van der Waals surface area contributed by atoms with E-state index < -0.39 is 32.8 Å². The molecule has 29 heavy (non-hydrogen) atoms. The van der Waals surface area contributed by atoms with Gasteiger partial charge >= 0.3 is 7.60 Å². The van der Waals surface area contributed by atoms with Gasteiger partial charge in [-0.25, -0.2) is 0 Å². The van der Waals surface area contributed by atoms with E-state index in [1.165, 1.54) is 43.8 Å². The minimum atomic E-state index is -4.78. The number of pyridine rings is 1. The topological polar surface area (TPSA) is 124 Å². The molecule has 2 heterocycles. The van der Waals surface area contributed by atoms with Crippen LogP contribution in [0.3, 0.4) is 0 Å². The number of hydrogen-bond acceptors (Lipinski definition) is 8. The number of aromatic nitrogens is 1. The standard InChI is InChI=1S/C18H21NO8P2/c1-13(24-2)25-16-8-6-15(7-9-16)17-26-28(3,21)18(20,29(22,23)27-17)11-14-5-4-10-19-12-14/h4-10,12,17,20H,1,11H2,2-3H3,(H,22,23). The maximum absolute atomic E-state index is 13.2. The van der Waals surface area contributed by atoms with Crippen LogP contribution in [0.15, 0.2) is 61.3 Å². The van der Waals surface area contributed by atoms with Gasteiger partial charge in [-0.3, -0.25) is 23.2 Å². The van der Waals surface area contributed by atoms with E-state index in [2.05, 4.69) is 11.6 Å². The summed E-state index contributed by atoms with van der Waals surface area (Å²) >= 11 is 0. The molecular weight excluding hydrogens is 420 g/mol. The highest BCUT2D eigenvalue weighted by molar-refractivity contribution is 7.75. The summed E-state index contributed by atoms with van der Waals surface area (Å²) in [5, 5.41) is 8.32. The van der Waals surface area contributed by atoms with Gasteiger partial charge in [-0.1, -0.05) is 18.2 Å². The Hall–Kier alpha value is -1.99. The fraction of sp³-hybridized carbons (Fsp3) is 0.278. The number of aliphatic hydroxyl groups is 1. The maximum atomic E-state index is 13.2. The first-order valence-electron chi connectivity index (χ1n) is 8.47. The summed E-state index contributed by atoms with van der Waals surface area (Å²) in [7, 11) is -7.41. The number of rotatable bonds is 6. The lowest BCUT2D eigenvalue weighted by molar-refractivity contribution is -0.0439. The van der Waals surface area contributed by atoms with Crippen LogP contribution in [-0.2, 0) is 29.3 Å². The summed E-state index contributed by atoms with van der Waals surface area (Å²) in [5.74, 6) is 0.484. The van der Waals surface area contributed by atoms with Crippen molar-refractivity contribution in [2.24, 2.45) is 0 Å². The van der Waals surface area contributed by atoms with Crippen LogP contribution < -0.4 is 4.74 Å². The van der Waals surface area contributed by atoms with Gasteiger partial charge in [0.25, 0.3) is 5.95 Å². The lowest BCUT2D eigenvalue weighted by Gasteiger charge is -2.43. The molecule has 2 N–H and O–H groups in total. The van der Waals surface area contributed by atoms with Crippen LogP contribution in [0.4, 0.5) is 0 Å². The van der Waals surface area contributed by atoms with Crippen LogP contribution >= 0.6 is 15.0 Å². The van der Waals surface area contributed by atoms with Gasteiger partial charge in [-0.2, -0.15) is 0 Å². The molecule has 0 saturated carbocycles. The zero-order valence-corrected chi connectivity index (χ0v) is 17.6. The normalized spacial score (nSPS) is 31.8. The van der Waals surface area contributed by atoms with Crippen LogP contribution in [0.5, 0.6) is 5.75 Å². The van der Waals surface area contributed by atoms with Crippen LogP contribution in [0.2, 0.25) is 0 Å². The van der Waals surface area contributed by atoms with Gasteiger partial charge in [0.05, 0.1) is 7.11 Å². The fourth-order valence-electron chi connectivity index (χ4n) is 2.74. The zero-order chi connectivity index (χ0) is 21.3. The number of nitrogens with zero attached hydrogens (tertiary/aromatic N) is 1. The molecule has 0 spiro atoms. The number of ether oxygens (including phenoxy) is 2. The summed E-state index contributed by atoms with van der Waals surface area (Å²) < 4.78 is 46.9. The highest BCUT2D eigenvalue weighted by Gasteiger charge is 2.64. The van der Waals surface area contributed by atoms with E-state index in [0.29, 0.717) is 16.9 Å². The van der Waals surface area contributed by atoms with Gasteiger partial charge in [0.2, 0.25) is 12.5 Å². The van der Waals surface area contributed by atoms with E-state index in [1.807, 2.05) is 0 Å². The van der Waals surface area contributed by atoms with Crippen molar-refractivity contribution in [3.8, 4) is 5.75 Å². The fourth-order valence-corrected chi connectivity index (χ4v) is 7.07. The third-order valence-corrected chi connectivity index (χ3v) is 9.86. The Morgan fingerprint density at radius 1 is 1.28 bits per heavy atom. The number of methoxy groups -OCH3 is 1. The van der Waals surface area contributed by atoms with Gasteiger partial charge in [-0.15, -0.1) is 0 Å². The monoisotopic (exact) mass is 441 g/mol. The van der Waals surface area contributed by atoms with Gasteiger partial charge in [-0.05, 0) is 30.3 Å². The van der Waals surface area contributed by atoms with Crippen LogP contribution in [-0.4, -0.2) is 33.8 Å². The molecule has 0 aliphatic carbocycles. The van der Waals surface area contributed by atoms with Crippen molar-refractivity contribution in [1.82, 2.24) is 4.98 Å². The molecule has 11 heteroatoms. The Bertz CT molecular complexity index is 953. The molecule has 9 nitrogen and oxygen atoms in total. The van der Waals surface area contributed by atoms with Crippen molar-refractivity contribution in [1.29, 1.82) is 0 Å². The highest BCUT2D eigenvalue weighted by Crippen LogP contribution is 2.79. The SMILES string of the molecule is C=C(OC)Oc1ccc(C2OP(C)(=O)C(O)(Cc3cccnc3)P(=O)(O)O2)cc1. The molecule has 3 rings (SSSR count). The first kappa shape index (κ1) is 21.7. The van der Waals surface area contributed by atoms with Crippen molar-refractivity contribution < 1.29 is 37.7 Å². The molecule has 156 valence electrons. The lowest BCUT2D eigenvalue weighted by atomic mass is 10.2. The summed E-state index contributed by atoms with van der Waals surface area (Å²) in [5.41, 5.74) is 0.733. The summed E-state index contributed by atoms with van der Waals surface area (Å²) in [6, 6.07) is 9.26. The van der Waals surface area contributed by atoms with Crippen LogP contribution in [0.25, 0.3) is 0 Å². The van der Waals surface area contributed by atoms with Gasteiger partial charge in [0.15, 0.2) is 6.29 Å². The number of hydrogen-bond donors (Lipinski definition) is 2. The smallest absolute Gasteiger partial charge is 0.372 e. The van der Waals surface area contributed by atoms with E-state index in [-0.39, 0.29) is 5.95 Å². The van der Waals surface area contributed by atoms with Crippen molar-refractivity contribution in [3.63, 3.8) is 0 Å².